The van der Waals surface area contributed by atoms with Crippen LogP contribution in [0.3, 0.4) is 0 Å². The van der Waals surface area contributed by atoms with Gasteiger partial charge in [0.05, 0.1) is 21.8 Å². The number of rotatable bonds is 3. The fourth-order valence-electron chi connectivity index (χ4n) is 2.31. The highest BCUT2D eigenvalue weighted by molar-refractivity contribution is 7.92. The van der Waals surface area contributed by atoms with E-state index >= 15 is 0 Å². The lowest BCUT2D eigenvalue weighted by atomic mass is 9.94. The van der Waals surface area contributed by atoms with Crippen molar-refractivity contribution in [3.63, 3.8) is 0 Å². The second-order valence-corrected chi connectivity index (χ2v) is 8.43. The summed E-state index contributed by atoms with van der Waals surface area (Å²) in [5.41, 5.74) is 0.0215. The van der Waals surface area contributed by atoms with Crippen LogP contribution in [-0.4, -0.2) is 20.9 Å². The zero-order valence-corrected chi connectivity index (χ0v) is 15.2. The molecule has 0 bridgehead atoms. The Bertz CT molecular complexity index is 941. The van der Waals surface area contributed by atoms with Gasteiger partial charge in [0.1, 0.15) is 17.3 Å². The van der Waals surface area contributed by atoms with Crippen molar-refractivity contribution >= 4 is 38.9 Å². The first-order valence-corrected chi connectivity index (χ1v) is 9.41. The Labute approximate surface area is 151 Å². The Balaban J connectivity index is 1.91. The third kappa shape index (κ3) is 3.57. The van der Waals surface area contributed by atoms with E-state index < -0.39 is 15.4 Å². The van der Waals surface area contributed by atoms with E-state index in [1.54, 1.807) is 38.1 Å². The Morgan fingerprint density at radius 1 is 1.20 bits per heavy atom. The molecule has 0 spiro atoms. The molecule has 0 saturated heterocycles. The molecule has 6 nitrogen and oxygen atoms in total. The first-order valence-electron chi connectivity index (χ1n) is 7.55. The van der Waals surface area contributed by atoms with E-state index in [1.807, 2.05) is 0 Å². The standard InChI is InChI=1S/C17H17ClN2O4S/c1-17(2)10-24-14-8-7-11(9-13(14)19-16(17)21)20-25(22,23)15-6-4-3-5-12(15)18/h3-9,20H,10H2,1-2H3,(H,19,21). The molecule has 3 rings (SSSR count). The second-order valence-electron chi connectivity index (χ2n) is 6.37. The van der Waals surface area contributed by atoms with Crippen LogP contribution in [-0.2, 0) is 14.8 Å². The highest BCUT2D eigenvalue weighted by atomic mass is 35.5. The van der Waals surface area contributed by atoms with Gasteiger partial charge in [0, 0.05) is 0 Å². The molecule has 0 aliphatic carbocycles. The summed E-state index contributed by atoms with van der Waals surface area (Å²) >= 11 is 5.97. The third-order valence-corrected chi connectivity index (χ3v) is 5.69. The Morgan fingerprint density at radius 2 is 1.92 bits per heavy atom. The van der Waals surface area contributed by atoms with Gasteiger partial charge in [-0.15, -0.1) is 0 Å². The molecule has 2 aromatic rings. The Hall–Kier alpha value is -2.25. The zero-order chi connectivity index (χ0) is 18.2. The number of anilines is 2. The monoisotopic (exact) mass is 380 g/mol. The number of carbonyl (C=O) groups excluding carboxylic acids is 1. The van der Waals surface area contributed by atoms with Gasteiger partial charge in [0.15, 0.2) is 0 Å². The quantitative estimate of drug-likeness (QED) is 0.853. The minimum Gasteiger partial charge on any atom is -0.490 e. The number of ether oxygens (including phenoxy) is 1. The fraction of sp³-hybridized carbons (Fsp3) is 0.235. The number of halogens is 1. The molecule has 0 fully saturated rings. The number of nitrogens with one attached hydrogen (secondary N) is 2. The highest BCUT2D eigenvalue weighted by Gasteiger charge is 2.32. The van der Waals surface area contributed by atoms with Gasteiger partial charge in [-0.25, -0.2) is 8.42 Å². The van der Waals surface area contributed by atoms with Crippen LogP contribution in [0.15, 0.2) is 47.4 Å². The summed E-state index contributed by atoms with van der Waals surface area (Å²) in [5.74, 6) is 0.289. The molecular formula is C17H17ClN2O4S. The van der Waals surface area contributed by atoms with E-state index in [0.29, 0.717) is 17.1 Å². The zero-order valence-electron chi connectivity index (χ0n) is 13.7. The van der Waals surface area contributed by atoms with Crippen LogP contribution >= 0.6 is 11.6 Å². The SMILES string of the molecule is CC1(C)COc2ccc(NS(=O)(=O)c3ccccc3Cl)cc2NC1=O. The summed E-state index contributed by atoms with van der Waals surface area (Å²) in [4.78, 5) is 12.2. The average Bonchev–Trinajstić information content (AvgIpc) is 2.64. The molecule has 0 radical (unpaired) electrons. The molecule has 25 heavy (non-hydrogen) atoms. The van der Waals surface area contributed by atoms with E-state index in [1.165, 1.54) is 18.2 Å². The number of hydrogen-bond donors (Lipinski definition) is 2. The van der Waals surface area contributed by atoms with Gasteiger partial charge in [-0.2, -0.15) is 0 Å². The minimum absolute atomic E-state index is 0.0203. The lowest BCUT2D eigenvalue weighted by molar-refractivity contribution is -0.124. The maximum Gasteiger partial charge on any atom is 0.263 e. The lowest BCUT2D eigenvalue weighted by Gasteiger charge is -2.18. The van der Waals surface area contributed by atoms with Crippen molar-refractivity contribution in [1.82, 2.24) is 0 Å². The summed E-state index contributed by atoms with van der Waals surface area (Å²) < 4.78 is 33.1. The molecule has 8 heteroatoms. The molecule has 0 saturated carbocycles. The molecular weight excluding hydrogens is 364 g/mol. The van der Waals surface area contributed by atoms with Crippen LogP contribution in [0.1, 0.15) is 13.8 Å². The first kappa shape index (κ1) is 17.6. The van der Waals surface area contributed by atoms with Crippen LogP contribution < -0.4 is 14.8 Å². The molecule has 0 aromatic heterocycles. The van der Waals surface area contributed by atoms with Crippen LogP contribution in [0.4, 0.5) is 11.4 Å². The predicted octanol–water partition coefficient (Wildman–Crippen LogP) is 3.50. The third-order valence-electron chi connectivity index (χ3n) is 3.81. The maximum atomic E-state index is 12.5. The largest absolute Gasteiger partial charge is 0.490 e. The summed E-state index contributed by atoms with van der Waals surface area (Å²) in [6, 6.07) is 10.9. The van der Waals surface area contributed by atoms with Gasteiger partial charge in [-0.05, 0) is 44.2 Å². The summed E-state index contributed by atoms with van der Waals surface area (Å²) in [5, 5.41) is 2.89. The highest BCUT2D eigenvalue weighted by Crippen LogP contribution is 2.35. The molecule has 1 aliphatic heterocycles. The van der Waals surface area contributed by atoms with Crippen molar-refractivity contribution in [3.05, 3.63) is 47.5 Å². The van der Waals surface area contributed by atoms with Crippen molar-refractivity contribution in [2.24, 2.45) is 5.41 Å². The molecule has 0 unspecified atom stereocenters. The number of fused-ring (bicyclic) bond motifs is 1. The number of hydrogen-bond acceptors (Lipinski definition) is 4. The van der Waals surface area contributed by atoms with Crippen LogP contribution in [0.2, 0.25) is 5.02 Å². The molecule has 1 aliphatic rings. The van der Waals surface area contributed by atoms with E-state index in [2.05, 4.69) is 10.0 Å². The molecule has 0 atom stereocenters. The van der Waals surface area contributed by atoms with Gasteiger partial charge >= 0.3 is 0 Å². The number of benzene rings is 2. The van der Waals surface area contributed by atoms with Crippen molar-refractivity contribution < 1.29 is 17.9 Å². The van der Waals surface area contributed by atoms with E-state index in [4.69, 9.17) is 16.3 Å². The second kappa shape index (κ2) is 6.24. The van der Waals surface area contributed by atoms with E-state index in [9.17, 15) is 13.2 Å². The lowest BCUT2D eigenvalue weighted by Crippen LogP contribution is -2.33. The summed E-state index contributed by atoms with van der Waals surface area (Å²) in [7, 11) is -3.85. The van der Waals surface area contributed by atoms with E-state index in [0.717, 1.165) is 0 Å². The first-order chi connectivity index (χ1) is 11.7. The molecule has 1 amide bonds. The molecule has 1 heterocycles. The fourth-order valence-corrected chi connectivity index (χ4v) is 3.88. The smallest absolute Gasteiger partial charge is 0.263 e. The normalized spacial score (nSPS) is 16.2. The topological polar surface area (TPSA) is 84.5 Å². The van der Waals surface area contributed by atoms with Gasteiger partial charge in [-0.1, -0.05) is 23.7 Å². The van der Waals surface area contributed by atoms with Gasteiger partial charge < -0.3 is 10.1 Å². The van der Waals surface area contributed by atoms with Crippen molar-refractivity contribution in [2.45, 2.75) is 18.7 Å². The predicted molar refractivity (Wildman–Crippen MR) is 96.6 cm³/mol. The molecule has 2 aromatic carbocycles. The van der Waals surface area contributed by atoms with Crippen LogP contribution in [0, 0.1) is 5.41 Å². The van der Waals surface area contributed by atoms with Crippen molar-refractivity contribution in [2.75, 3.05) is 16.6 Å². The summed E-state index contributed by atoms with van der Waals surface area (Å²) in [6.07, 6.45) is 0. The Kier molecular flexibility index (Phi) is 4.38. The Morgan fingerprint density at radius 3 is 2.64 bits per heavy atom. The summed E-state index contributed by atoms with van der Waals surface area (Å²) in [6.45, 7) is 3.78. The van der Waals surface area contributed by atoms with E-state index in [-0.39, 0.29) is 22.4 Å². The van der Waals surface area contributed by atoms with Crippen molar-refractivity contribution in [3.8, 4) is 5.75 Å². The average molecular weight is 381 g/mol. The minimum atomic E-state index is -3.85. The number of sulfonamides is 1. The molecule has 2 N–H and O–H groups in total. The van der Waals surface area contributed by atoms with Crippen LogP contribution in [0.25, 0.3) is 0 Å². The molecule has 132 valence electrons. The van der Waals surface area contributed by atoms with Gasteiger partial charge in [0.2, 0.25) is 5.91 Å². The van der Waals surface area contributed by atoms with Gasteiger partial charge in [-0.3, -0.25) is 9.52 Å². The van der Waals surface area contributed by atoms with Gasteiger partial charge in [0.25, 0.3) is 10.0 Å². The van der Waals surface area contributed by atoms with Crippen molar-refractivity contribution in [1.29, 1.82) is 0 Å². The maximum absolute atomic E-state index is 12.5. The van der Waals surface area contributed by atoms with Crippen LogP contribution in [0.5, 0.6) is 5.75 Å². The number of amides is 1. The number of carbonyl (C=O) groups is 1.